The summed E-state index contributed by atoms with van der Waals surface area (Å²) < 4.78 is 15.6. The van der Waals surface area contributed by atoms with Gasteiger partial charge < -0.3 is 14.0 Å². The number of rotatable bonds is 3. The Morgan fingerprint density at radius 2 is 1.70 bits per heavy atom. The van der Waals surface area contributed by atoms with Gasteiger partial charge >= 0.3 is 0 Å². The van der Waals surface area contributed by atoms with E-state index in [9.17, 15) is 9.46 Å². The highest BCUT2D eigenvalue weighted by Gasteiger charge is 2.14. The highest BCUT2D eigenvalue weighted by atomic mass is 31.2. The molecule has 0 aliphatic carbocycles. The summed E-state index contributed by atoms with van der Waals surface area (Å²) in [5.41, 5.74) is -0.421. The average Bonchev–Trinajstić information content (AvgIpc) is 1.60. The van der Waals surface area contributed by atoms with Crippen molar-refractivity contribution in [3.63, 3.8) is 0 Å². The Kier molecular flexibility index (Phi) is 3.57. The summed E-state index contributed by atoms with van der Waals surface area (Å²) in [5, 5.41) is 0. The van der Waals surface area contributed by atoms with Gasteiger partial charge in [-0.2, -0.15) is 0 Å². The van der Waals surface area contributed by atoms with Crippen molar-refractivity contribution in [1.82, 2.24) is 0 Å². The van der Waals surface area contributed by atoms with E-state index in [-0.39, 0.29) is 6.10 Å². The van der Waals surface area contributed by atoms with Crippen molar-refractivity contribution in [1.29, 1.82) is 0 Å². The van der Waals surface area contributed by atoms with Crippen molar-refractivity contribution < 1.29 is 14.0 Å². The van der Waals surface area contributed by atoms with Gasteiger partial charge in [-0.1, -0.05) is 13.8 Å². The van der Waals surface area contributed by atoms with Crippen LogP contribution >= 0.6 is 7.60 Å². The molecule has 0 spiro atoms. The molecule has 0 aromatic carbocycles. The molecule has 0 aliphatic heterocycles. The topological polar surface area (TPSA) is 49.4 Å². The third-order valence-electron chi connectivity index (χ3n) is 0.990. The molecule has 10 heavy (non-hydrogen) atoms. The van der Waals surface area contributed by atoms with Crippen molar-refractivity contribution in [2.24, 2.45) is 0 Å². The molecule has 62 valence electrons. The molecule has 0 amide bonds. The average molecular weight is 165 g/mol. The first-order valence-electron chi connectivity index (χ1n) is 3.35. The van der Waals surface area contributed by atoms with Gasteiger partial charge in [-0.05, 0) is 13.8 Å². The van der Waals surface area contributed by atoms with Gasteiger partial charge in [0.15, 0.2) is 0 Å². The van der Waals surface area contributed by atoms with Crippen LogP contribution < -0.4 is 4.89 Å². The van der Waals surface area contributed by atoms with E-state index in [1.165, 1.54) is 0 Å². The van der Waals surface area contributed by atoms with Crippen molar-refractivity contribution >= 4 is 7.60 Å². The van der Waals surface area contributed by atoms with E-state index in [1.807, 2.05) is 0 Å². The predicted molar refractivity (Wildman–Crippen MR) is 39.0 cm³/mol. The first-order valence-corrected chi connectivity index (χ1v) is 4.96. The van der Waals surface area contributed by atoms with Gasteiger partial charge in [0.1, 0.15) is 7.60 Å². The maximum atomic E-state index is 10.9. The van der Waals surface area contributed by atoms with Gasteiger partial charge in [-0.3, -0.25) is 0 Å². The molecule has 1 atom stereocenters. The molecule has 0 rings (SSSR count). The third kappa shape index (κ3) is 3.35. The molecule has 0 aromatic rings. The van der Waals surface area contributed by atoms with Crippen LogP contribution in [0.3, 0.4) is 0 Å². The summed E-state index contributed by atoms with van der Waals surface area (Å²) in [7, 11) is -3.57. The zero-order chi connectivity index (χ0) is 8.36. The monoisotopic (exact) mass is 165 g/mol. The lowest BCUT2D eigenvalue weighted by atomic mass is 10.5. The van der Waals surface area contributed by atoms with E-state index >= 15 is 0 Å². The van der Waals surface area contributed by atoms with E-state index in [0.717, 1.165) is 0 Å². The molecule has 0 aliphatic rings. The Hall–Kier alpha value is 0.150. The molecule has 0 fully saturated rings. The van der Waals surface area contributed by atoms with Crippen LogP contribution in [-0.2, 0) is 9.09 Å². The minimum Gasteiger partial charge on any atom is -0.778 e. The van der Waals surface area contributed by atoms with Crippen molar-refractivity contribution in [3.05, 3.63) is 0 Å². The van der Waals surface area contributed by atoms with Crippen LogP contribution in [0, 0.1) is 0 Å². The van der Waals surface area contributed by atoms with Crippen LogP contribution in [0.2, 0.25) is 0 Å². The molecule has 0 bridgehead atoms. The van der Waals surface area contributed by atoms with E-state index in [4.69, 9.17) is 4.52 Å². The predicted octanol–water partition coefficient (Wildman–Crippen LogP) is 1.37. The second-order valence-electron chi connectivity index (χ2n) is 2.79. The van der Waals surface area contributed by atoms with Crippen molar-refractivity contribution in [3.8, 4) is 0 Å². The van der Waals surface area contributed by atoms with E-state index in [2.05, 4.69) is 0 Å². The van der Waals surface area contributed by atoms with Gasteiger partial charge in [-0.25, -0.2) is 0 Å². The zero-order valence-electron chi connectivity index (χ0n) is 6.83. The van der Waals surface area contributed by atoms with Gasteiger partial charge in [0.05, 0.1) is 6.10 Å². The molecule has 0 radical (unpaired) electrons. The first-order chi connectivity index (χ1) is 4.36. The SMILES string of the molecule is CC(C)OP(=O)([O-])C(C)C. The van der Waals surface area contributed by atoms with Crippen LogP contribution in [0.4, 0.5) is 0 Å². The molecule has 1 unspecified atom stereocenters. The summed E-state index contributed by atoms with van der Waals surface area (Å²) in [6, 6.07) is 0. The lowest BCUT2D eigenvalue weighted by Crippen LogP contribution is -2.16. The Morgan fingerprint density at radius 1 is 1.30 bits per heavy atom. The third-order valence-corrected chi connectivity index (χ3v) is 2.97. The van der Waals surface area contributed by atoms with E-state index in [1.54, 1.807) is 27.7 Å². The minimum atomic E-state index is -3.57. The Bertz CT molecular complexity index is 142. The molecular weight excluding hydrogens is 151 g/mol. The standard InChI is InChI=1S/C6H15O3P/c1-5(2)9-10(7,8)6(3)4/h5-6H,1-4H3,(H,7,8)/p-1. The normalized spacial score (nSPS) is 17.9. The minimum absolute atomic E-state index is 0.245. The summed E-state index contributed by atoms with van der Waals surface area (Å²) in [6.07, 6.45) is -0.245. The van der Waals surface area contributed by atoms with E-state index in [0.29, 0.717) is 0 Å². The molecule has 3 nitrogen and oxygen atoms in total. The van der Waals surface area contributed by atoms with Crippen LogP contribution in [-0.4, -0.2) is 11.8 Å². The van der Waals surface area contributed by atoms with Crippen LogP contribution in [0.1, 0.15) is 27.7 Å². The highest BCUT2D eigenvalue weighted by molar-refractivity contribution is 7.52. The number of hydrogen-bond donors (Lipinski definition) is 0. The van der Waals surface area contributed by atoms with E-state index < -0.39 is 13.3 Å². The smallest absolute Gasteiger partial charge is 0.137 e. The Morgan fingerprint density at radius 3 is 1.80 bits per heavy atom. The molecule has 0 N–H and O–H groups in total. The second-order valence-corrected chi connectivity index (χ2v) is 5.11. The lowest BCUT2D eigenvalue weighted by Gasteiger charge is -2.28. The van der Waals surface area contributed by atoms with Crippen molar-refractivity contribution in [2.45, 2.75) is 39.5 Å². The quantitative estimate of drug-likeness (QED) is 0.593. The largest absolute Gasteiger partial charge is 0.778 e. The molecule has 4 heteroatoms. The summed E-state index contributed by atoms with van der Waals surface area (Å²) in [5.74, 6) is 0. The van der Waals surface area contributed by atoms with Gasteiger partial charge in [0.25, 0.3) is 0 Å². The van der Waals surface area contributed by atoms with Gasteiger partial charge in [-0.15, -0.1) is 0 Å². The highest BCUT2D eigenvalue weighted by Crippen LogP contribution is 2.43. The Labute approximate surface area is 61.9 Å². The second kappa shape index (κ2) is 3.51. The molecule has 0 aromatic heterocycles. The molecule has 0 saturated heterocycles. The fourth-order valence-corrected chi connectivity index (χ4v) is 1.25. The van der Waals surface area contributed by atoms with Crippen LogP contribution in [0.25, 0.3) is 0 Å². The number of hydrogen-bond acceptors (Lipinski definition) is 3. The first kappa shape index (κ1) is 10.2. The van der Waals surface area contributed by atoms with Crippen LogP contribution in [0.5, 0.6) is 0 Å². The van der Waals surface area contributed by atoms with Crippen molar-refractivity contribution in [2.75, 3.05) is 0 Å². The molecule has 0 saturated carbocycles. The summed E-state index contributed by atoms with van der Waals surface area (Å²) in [6.45, 7) is 6.62. The lowest BCUT2D eigenvalue weighted by molar-refractivity contribution is -0.203. The molecule has 0 heterocycles. The summed E-state index contributed by atoms with van der Waals surface area (Å²) in [4.78, 5) is 10.9. The maximum Gasteiger partial charge on any atom is 0.137 e. The Balaban J connectivity index is 4.01. The van der Waals surface area contributed by atoms with Crippen LogP contribution in [0.15, 0.2) is 0 Å². The fraction of sp³-hybridized carbons (Fsp3) is 1.00. The van der Waals surface area contributed by atoms with Gasteiger partial charge in [0, 0.05) is 5.66 Å². The molecular formula is C6H14O3P-. The van der Waals surface area contributed by atoms with Gasteiger partial charge in [0.2, 0.25) is 0 Å². The summed E-state index contributed by atoms with van der Waals surface area (Å²) >= 11 is 0. The maximum absolute atomic E-state index is 10.9. The zero-order valence-corrected chi connectivity index (χ0v) is 7.72. The fourth-order valence-electron chi connectivity index (χ4n) is 0.416.